The van der Waals surface area contributed by atoms with Crippen LogP contribution in [0.3, 0.4) is 0 Å². The molecule has 0 aromatic heterocycles. The zero-order chi connectivity index (χ0) is 15.5. The third-order valence-electron chi connectivity index (χ3n) is 4.51. The van der Waals surface area contributed by atoms with E-state index in [0.717, 1.165) is 13.0 Å². The zero-order valence-electron chi connectivity index (χ0n) is 12.7. The molecule has 0 radical (unpaired) electrons. The number of carbonyl (C=O) groups excluding carboxylic acids is 2. The van der Waals surface area contributed by atoms with Crippen molar-refractivity contribution in [2.45, 2.75) is 25.4 Å². The van der Waals surface area contributed by atoms with Crippen molar-refractivity contribution in [2.24, 2.45) is 5.92 Å². The molecule has 22 heavy (non-hydrogen) atoms. The molecule has 2 fully saturated rings. The third-order valence-corrected chi connectivity index (χ3v) is 4.51. The molecular weight excluding hydrogens is 280 g/mol. The van der Waals surface area contributed by atoms with Gasteiger partial charge in [-0.2, -0.15) is 0 Å². The molecule has 1 aromatic rings. The fourth-order valence-electron chi connectivity index (χ4n) is 3.33. The molecule has 2 saturated heterocycles. The van der Waals surface area contributed by atoms with E-state index >= 15 is 0 Å². The Kier molecular flexibility index (Phi) is 4.40. The molecule has 118 valence electrons. The van der Waals surface area contributed by atoms with E-state index in [0.29, 0.717) is 18.5 Å². The Morgan fingerprint density at radius 2 is 2.05 bits per heavy atom. The summed E-state index contributed by atoms with van der Waals surface area (Å²) in [6.45, 7) is 2.96. The number of fused-ring (bicyclic) bond motifs is 1. The summed E-state index contributed by atoms with van der Waals surface area (Å²) in [7, 11) is 0. The maximum atomic E-state index is 12.2. The van der Waals surface area contributed by atoms with Crippen LogP contribution < -0.4 is 16.2 Å². The highest BCUT2D eigenvalue weighted by atomic mass is 16.2. The molecule has 3 rings (SSSR count). The van der Waals surface area contributed by atoms with E-state index in [1.165, 1.54) is 12.5 Å². The van der Waals surface area contributed by atoms with Crippen molar-refractivity contribution in [3.8, 4) is 0 Å². The van der Waals surface area contributed by atoms with Crippen LogP contribution in [0.2, 0.25) is 0 Å². The van der Waals surface area contributed by atoms with Crippen LogP contribution in [0.25, 0.3) is 0 Å². The van der Waals surface area contributed by atoms with E-state index in [-0.39, 0.29) is 24.4 Å². The molecule has 2 amide bonds. The van der Waals surface area contributed by atoms with Gasteiger partial charge in [0.15, 0.2) is 0 Å². The predicted molar refractivity (Wildman–Crippen MR) is 82.6 cm³/mol. The summed E-state index contributed by atoms with van der Waals surface area (Å²) in [5.41, 5.74) is 7.96. The average Bonchev–Trinajstić information content (AvgIpc) is 2.96. The molecule has 2 aliphatic heterocycles. The summed E-state index contributed by atoms with van der Waals surface area (Å²) >= 11 is 0. The second-order valence-corrected chi connectivity index (χ2v) is 5.99. The lowest BCUT2D eigenvalue weighted by atomic mass is 9.85. The summed E-state index contributed by atoms with van der Waals surface area (Å²) < 4.78 is 0. The standard InChI is InChI=1S/C16H22N4O2/c1-11(21)17-9-15(22)20-8-7-14-13(10-20)16(19-18-14)12-5-3-2-4-6-12/h2-6,13-14,16,18-19H,7-10H2,1H3,(H,17,21). The fourth-order valence-corrected chi connectivity index (χ4v) is 3.33. The number of hydrogen-bond donors (Lipinski definition) is 3. The lowest BCUT2D eigenvalue weighted by molar-refractivity contribution is -0.134. The van der Waals surface area contributed by atoms with Crippen LogP contribution in [0.15, 0.2) is 30.3 Å². The third kappa shape index (κ3) is 3.13. The van der Waals surface area contributed by atoms with Gasteiger partial charge in [-0.1, -0.05) is 30.3 Å². The monoisotopic (exact) mass is 302 g/mol. The van der Waals surface area contributed by atoms with Crippen molar-refractivity contribution in [3.63, 3.8) is 0 Å². The van der Waals surface area contributed by atoms with Crippen molar-refractivity contribution in [3.05, 3.63) is 35.9 Å². The normalized spacial score (nSPS) is 27.3. The lowest BCUT2D eigenvalue weighted by Crippen LogP contribution is -2.50. The first-order valence-electron chi connectivity index (χ1n) is 7.73. The molecule has 2 aliphatic rings. The van der Waals surface area contributed by atoms with Gasteiger partial charge in [-0.15, -0.1) is 0 Å². The van der Waals surface area contributed by atoms with Crippen LogP contribution in [0.1, 0.15) is 24.9 Å². The number of hydrazine groups is 1. The van der Waals surface area contributed by atoms with E-state index in [2.05, 4.69) is 28.3 Å². The van der Waals surface area contributed by atoms with Crippen LogP contribution in [-0.2, 0) is 9.59 Å². The number of nitrogens with one attached hydrogen (secondary N) is 3. The van der Waals surface area contributed by atoms with Crippen molar-refractivity contribution in [1.82, 2.24) is 21.1 Å². The molecule has 2 heterocycles. The van der Waals surface area contributed by atoms with Crippen molar-refractivity contribution >= 4 is 11.8 Å². The minimum Gasteiger partial charge on any atom is -0.347 e. The van der Waals surface area contributed by atoms with Crippen molar-refractivity contribution in [2.75, 3.05) is 19.6 Å². The molecule has 0 spiro atoms. The minimum atomic E-state index is -0.172. The summed E-state index contributed by atoms with van der Waals surface area (Å²) in [6.07, 6.45) is 0.923. The van der Waals surface area contributed by atoms with Gasteiger partial charge in [0.2, 0.25) is 11.8 Å². The lowest BCUT2D eigenvalue weighted by Gasteiger charge is -2.36. The first kappa shape index (κ1) is 15.0. The number of benzene rings is 1. The Labute approximate surface area is 130 Å². The molecule has 0 saturated carbocycles. The van der Waals surface area contributed by atoms with Gasteiger partial charge in [0, 0.05) is 32.0 Å². The Hall–Kier alpha value is -1.92. The van der Waals surface area contributed by atoms with Gasteiger partial charge >= 0.3 is 0 Å². The van der Waals surface area contributed by atoms with E-state index in [1.807, 2.05) is 23.1 Å². The van der Waals surface area contributed by atoms with E-state index in [9.17, 15) is 9.59 Å². The van der Waals surface area contributed by atoms with Crippen molar-refractivity contribution < 1.29 is 9.59 Å². The summed E-state index contributed by atoms with van der Waals surface area (Å²) in [4.78, 5) is 25.0. The average molecular weight is 302 g/mol. The number of rotatable bonds is 3. The van der Waals surface area contributed by atoms with E-state index in [4.69, 9.17) is 0 Å². The van der Waals surface area contributed by atoms with Gasteiger partial charge in [0.1, 0.15) is 0 Å². The second kappa shape index (κ2) is 6.46. The number of piperidine rings is 1. The second-order valence-electron chi connectivity index (χ2n) is 5.99. The molecule has 3 unspecified atom stereocenters. The summed E-state index contributed by atoms with van der Waals surface area (Å²) in [5.74, 6) is 0.166. The maximum Gasteiger partial charge on any atom is 0.241 e. The van der Waals surface area contributed by atoms with Gasteiger partial charge < -0.3 is 10.2 Å². The van der Waals surface area contributed by atoms with Crippen LogP contribution in [0.4, 0.5) is 0 Å². The quantitative estimate of drug-likeness (QED) is 0.745. The molecule has 1 aromatic carbocycles. The first-order valence-corrected chi connectivity index (χ1v) is 7.73. The maximum absolute atomic E-state index is 12.2. The van der Waals surface area contributed by atoms with Gasteiger partial charge in [-0.05, 0) is 12.0 Å². The highest BCUT2D eigenvalue weighted by molar-refractivity contribution is 5.83. The number of hydrogen-bond acceptors (Lipinski definition) is 4. The topological polar surface area (TPSA) is 73.5 Å². The molecule has 0 aliphatic carbocycles. The smallest absolute Gasteiger partial charge is 0.241 e. The largest absolute Gasteiger partial charge is 0.347 e. The van der Waals surface area contributed by atoms with E-state index < -0.39 is 0 Å². The molecule has 3 atom stereocenters. The zero-order valence-corrected chi connectivity index (χ0v) is 12.7. The Morgan fingerprint density at radius 3 is 2.77 bits per heavy atom. The minimum absolute atomic E-state index is 0.00707. The van der Waals surface area contributed by atoms with Crippen LogP contribution in [0, 0.1) is 5.92 Å². The number of carbonyl (C=O) groups is 2. The van der Waals surface area contributed by atoms with Gasteiger partial charge in [-0.25, -0.2) is 5.43 Å². The highest BCUT2D eigenvalue weighted by Crippen LogP contribution is 2.33. The molecular formula is C16H22N4O2. The first-order chi connectivity index (χ1) is 10.6. The van der Waals surface area contributed by atoms with E-state index in [1.54, 1.807) is 0 Å². The highest BCUT2D eigenvalue weighted by Gasteiger charge is 2.41. The molecule has 6 nitrogen and oxygen atoms in total. The number of nitrogens with zero attached hydrogens (tertiary/aromatic N) is 1. The number of amides is 2. The Balaban J connectivity index is 1.66. The van der Waals surface area contributed by atoms with Crippen LogP contribution >= 0.6 is 0 Å². The fraction of sp³-hybridized carbons (Fsp3) is 0.500. The molecule has 3 N–H and O–H groups in total. The summed E-state index contributed by atoms with van der Waals surface area (Å²) in [5, 5.41) is 2.58. The predicted octanol–water partition coefficient (Wildman–Crippen LogP) is 0.189. The van der Waals surface area contributed by atoms with Crippen molar-refractivity contribution in [1.29, 1.82) is 0 Å². The number of likely N-dealkylation sites (tertiary alicyclic amines) is 1. The van der Waals surface area contributed by atoms with Crippen LogP contribution in [0.5, 0.6) is 0 Å². The molecule has 6 heteroatoms. The summed E-state index contributed by atoms with van der Waals surface area (Å²) in [6, 6.07) is 10.9. The molecule has 0 bridgehead atoms. The van der Waals surface area contributed by atoms with Crippen LogP contribution in [-0.4, -0.2) is 42.4 Å². The Bertz CT molecular complexity index is 548. The Morgan fingerprint density at radius 1 is 1.27 bits per heavy atom. The van der Waals surface area contributed by atoms with Gasteiger partial charge in [0.25, 0.3) is 0 Å². The SMILES string of the molecule is CC(=O)NCC(=O)N1CCC2NNC(c3ccccc3)C2C1. The van der Waals surface area contributed by atoms with Gasteiger partial charge in [-0.3, -0.25) is 15.0 Å². The van der Waals surface area contributed by atoms with Gasteiger partial charge in [0.05, 0.1) is 12.6 Å².